The van der Waals surface area contributed by atoms with Gasteiger partial charge in [0.25, 0.3) is 17.9 Å². The number of aromatic nitrogens is 1. The first kappa shape index (κ1) is 30.4. The number of nitrogens with zero attached hydrogens (tertiary/aromatic N) is 2. The van der Waals surface area contributed by atoms with E-state index < -0.39 is 5.82 Å². The second kappa shape index (κ2) is 14.4. The van der Waals surface area contributed by atoms with Crippen LogP contribution in [0.5, 0.6) is 0 Å². The van der Waals surface area contributed by atoms with E-state index in [9.17, 15) is 18.8 Å². The van der Waals surface area contributed by atoms with E-state index in [0.29, 0.717) is 28.0 Å². The number of carboxylic acid groups (broad SMARTS) is 1. The predicted octanol–water partition coefficient (Wildman–Crippen LogP) is 3.06. The fourth-order valence-electron chi connectivity index (χ4n) is 4.72. The van der Waals surface area contributed by atoms with E-state index in [1.165, 1.54) is 46.9 Å². The molecule has 10 nitrogen and oxygen atoms in total. The Morgan fingerprint density at radius 2 is 1.90 bits per heavy atom. The van der Waals surface area contributed by atoms with Gasteiger partial charge in [0.15, 0.2) is 0 Å². The lowest BCUT2D eigenvalue weighted by Gasteiger charge is -2.20. The maximum absolute atomic E-state index is 14.8. The van der Waals surface area contributed by atoms with Gasteiger partial charge >= 0.3 is 0 Å². The summed E-state index contributed by atoms with van der Waals surface area (Å²) in [5.74, 6) is -0.294. The molecular weight excluding hydrogens is 573 g/mol. The molecule has 3 heterocycles. The first-order valence-electron chi connectivity index (χ1n) is 13.1. The number of likely N-dealkylation sites (tertiary alicyclic amines) is 1. The highest BCUT2D eigenvalue weighted by Gasteiger charge is 2.35. The van der Waals surface area contributed by atoms with E-state index in [-0.39, 0.29) is 48.0 Å². The molecule has 2 atom stereocenters. The zero-order chi connectivity index (χ0) is 29.4. The first-order chi connectivity index (χ1) is 19.8. The van der Waals surface area contributed by atoms with Gasteiger partial charge < -0.3 is 21.1 Å². The fourth-order valence-corrected chi connectivity index (χ4v) is 5.67. The first-order valence-corrected chi connectivity index (χ1v) is 14.3. The standard InChI is InChI=1S/C27H29ClFN5O3S.CH2O2/c28-24-9-8-23(38-24)27(37)32-22-15-33(14-18(22)13-30-12-17-4-5-17)16-25(35)31-21-7-6-19(11-20(21)29)34-10-2-1-3-26(34)36;2-1-3/h1-3,6-11,17-18,22,30H,4-5,12-16H2,(H,31,35)(H,32,37);1H,(H,2,3)/t18-,22-;/m0./s1. The molecule has 2 amide bonds. The Bertz CT molecular complexity index is 1430. The molecule has 1 saturated heterocycles. The van der Waals surface area contributed by atoms with Gasteiger partial charge in [0, 0.05) is 49.9 Å². The number of benzene rings is 1. The quantitative estimate of drug-likeness (QED) is 0.262. The Labute approximate surface area is 245 Å². The van der Waals surface area contributed by atoms with Crippen LogP contribution in [0.4, 0.5) is 10.1 Å². The minimum absolute atomic E-state index is 0.0454. The second-order valence-electron chi connectivity index (χ2n) is 9.97. The number of carbonyl (C=O) groups is 3. The van der Waals surface area contributed by atoms with Crippen molar-refractivity contribution >= 4 is 46.9 Å². The molecule has 2 aliphatic rings. The number of rotatable bonds is 10. The highest BCUT2D eigenvalue weighted by atomic mass is 35.5. The number of carbonyl (C=O) groups excluding carboxylic acids is 2. The molecule has 2 fully saturated rings. The second-order valence-corrected chi connectivity index (χ2v) is 11.7. The molecule has 1 aliphatic heterocycles. The summed E-state index contributed by atoms with van der Waals surface area (Å²) < 4.78 is 16.7. The van der Waals surface area contributed by atoms with Crippen molar-refractivity contribution in [3.8, 4) is 5.69 Å². The summed E-state index contributed by atoms with van der Waals surface area (Å²) in [6.07, 6.45) is 4.06. The van der Waals surface area contributed by atoms with Gasteiger partial charge in [-0.1, -0.05) is 17.7 Å². The summed E-state index contributed by atoms with van der Waals surface area (Å²) in [6.45, 7) is 2.64. The molecule has 3 aromatic rings. The fraction of sp³-hybridized carbons (Fsp3) is 0.357. The van der Waals surface area contributed by atoms with Crippen molar-refractivity contribution in [1.29, 1.82) is 0 Å². The Morgan fingerprint density at radius 1 is 1.12 bits per heavy atom. The van der Waals surface area contributed by atoms with Crippen molar-refractivity contribution in [3.05, 3.63) is 80.1 Å². The molecule has 5 rings (SSSR count). The van der Waals surface area contributed by atoms with Crippen molar-refractivity contribution in [2.75, 3.05) is 38.0 Å². The summed E-state index contributed by atoms with van der Waals surface area (Å²) in [5, 5.41) is 16.1. The molecule has 1 aromatic carbocycles. The summed E-state index contributed by atoms with van der Waals surface area (Å²) >= 11 is 7.22. The van der Waals surface area contributed by atoms with Crippen molar-refractivity contribution in [2.45, 2.75) is 18.9 Å². The van der Waals surface area contributed by atoms with Crippen LogP contribution < -0.4 is 21.5 Å². The lowest BCUT2D eigenvalue weighted by molar-refractivity contribution is -0.123. The van der Waals surface area contributed by atoms with Gasteiger partial charge in [-0.3, -0.25) is 28.6 Å². The molecular formula is C28H31ClFN5O5S. The monoisotopic (exact) mass is 603 g/mol. The molecule has 13 heteroatoms. The largest absolute Gasteiger partial charge is 0.483 e. The van der Waals surface area contributed by atoms with E-state index in [2.05, 4.69) is 16.0 Å². The normalized spacial score (nSPS) is 18.3. The van der Waals surface area contributed by atoms with Gasteiger partial charge in [-0.25, -0.2) is 4.39 Å². The van der Waals surface area contributed by atoms with Crippen LogP contribution in [0.3, 0.4) is 0 Å². The van der Waals surface area contributed by atoms with Crippen LogP contribution in [-0.2, 0) is 9.59 Å². The number of nitrogens with one attached hydrogen (secondary N) is 3. The predicted molar refractivity (Wildman–Crippen MR) is 155 cm³/mol. The number of thiophene rings is 1. The average Bonchev–Trinajstić information content (AvgIpc) is 3.54. The summed E-state index contributed by atoms with van der Waals surface area (Å²) in [7, 11) is 0. The zero-order valence-electron chi connectivity index (χ0n) is 22.1. The van der Waals surface area contributed by atoms with E-state index in [0.717, 1.165) is 19.0 Å². The molecule has 0 radical (unpaired) electrons. The van der Waals surface area contributed by atoms with Crippen molar-refractivity contribution in [2.24, 2.45) is 11.8 Å². The number of hydrogen-bond donors (Lipinski definition) is 4. The molecule has 218 valence electrons. The van der Waals surface area contributed by atoms with E-state index in [1.54, 1.807) is 36.5 Å². The van der Waals surface area contributed by atoms with Crippen LogP contribution in [0.25, 0.3) is 5.69 Å². The minimum Gasteiger partial charge on any atom is -0.483 e. The van der Waals surface area contributed by atoms with Gasteiger partial charge in [-0.05, 0) is 55.6 Å². The number of amides is 2. The number of pyridine rings is 1. The Kier molecular flexibility index (Phi) is 10.6. The van der Waals surface area contributed by atoms with Crippen molar-refractivity contribution in [1.82, 2.24) is 20.1 Å². The topological polar surface area (TPSA) is 133 Å². The molecule has 41 heavy (non-hydrogen) atoms. The molecule has 1 saturated carbocycles. The maximum Gasteiger partial charge on any atom is 0.290 e. The SMILES string of the molecule is O=C(CN1C[C@H](CNCC2CC2)[C@@H](NC(=O)c2ccc(Cl)s2)C1)Nc1ccc(-n2ccccc2=O)cc1F.O=CO. The van der Waals surface area contributed by atoms with Gasteiger partial charge in [0.2, 0.25) is 5.91 Å². The highest BCUT2D eigenvalue weighted by molar-refractivity contribution is 7.18. The molecule has 2 aromatic heterocycles. The summed E-state index contributed by atoms with van der Waals surface area (Å²) in [5.41, 5.74) is 0.143. The lowest BCUT2D eigenvalue weighted by Crippen LogP contribution is -2.43. The maximum atomic E-state index is 14.8. The van der Waals surface area contributed by atoms with E-state index >= 15 is 0 Å². The van der Waals surface area contributed by atoms with E-state index in [4.69, 9.17) is 21.5 Å². The van der Waals surface area contributed by atoms with Gasteiger partial charge in [0.05, 0.1) is 27.1 Å². The number of anilines is 1. The number of hydrogen-bond acceptors (Lipinski definition) is 7. The average molecular weight is 604 g/mol. The van der Waals surface area contributed by atoms with Crippen molar-refractivity contribution < 1.29 is 23.9 Å². The minimum atomic E-state index is -0.630. The van der Waals surface area contributed by atoms with Gasteiger partial charge in [-0.15, -0.1) is 11.3 Å². The van der Waals surface area contributed by atoms with E-state index in [1.807, 2.05) is 4.90 Å². The molecule has 0 spiro atoms. The zero-order valence-corrected chi connectivity index (χ0v) is 23.7. The van der Waals surface area contributed by atoms with Crippen LogP contribution >= 0.6 is 22.9 Å². The summed E-state index contributed by atoms with van der Waals surface area (Å²) in [4.78, 5) is 48.5. The van der Waals surface area contributed by atoms with Crippen LogP contribution in [0.15, 0.2) is 59.5 Å². The Hall–Kier alpha value is -3.58. The van der Waals surface area contributed by atoms with Crippen LogP contribution in [0, 0.1) is 17.7 Å². The van der Waals surface area contributed by atoms with Crippen LogP contribution in [0.1, 0.15) is 22.5 Å². The van der Waals surface area contributed by atoms with Crippen LogP contribution in [0.2, 0.25) is 4.34 Å². The van der Waals surface area contributed by atoms with Crippen LogP contribution in [-0.4, -0.2) is 71.6 Å². The molecule has 0 bridgehead atoms. The van der Waals surface area contributed by atoms with Gasteiger partial charge in [0.1, 0.15) is 5.82 Å². The highest BCUT2D eigenvalue weighted by Crippen LogP contribution is 2.28. The Balaban J connectivity index is 0.00000124. The third-order valence-electron chi connectivity index (χ3n) is 6.86. The molecule has 4 N–H and O–H groups in total. The molecule has 1 aliphatic carbocycles. The molecule has 0 unspecified atom stereocenters. The van der Waals surface area contributed by atoms with Crippen molar-refractivity contribution in [3.63, 3.8) is 0 Å². The summed E-state index contributed by atoms with van der Waals surface area (Å²) in [6, 6.07) is 12.2. The third kappa shape index (κ3) is 8.70. The Morgan fingerprint density at radius 3 is 2.56 bits per heavy atom. The smallest absolute Gasteiger partial charge is 0.290 e. The van der Waals surface area contributed by atoms with Gasteiger partial charge in [-0.2, -0.15) is 0 Å². The third-order valence-corrected chi connectivity index (χ3v) is 8.09. The number of halogens is 2. The lowest BCUT2D eigenvalue weighted by atomic mass is 10.0.